The van der Waals surface area contributed by atoms with Crippen LogP contribution in [0.2, 0.25) is 0 Å². The van der Waals surface area contributed by atoms with Gasteiger partial charge in [-0.25, -0.2) is 0 Å². The number of hydrogen-bond acceptors (Lipinski definition) is 4. The van der Waals surface area contributed by atoms with Crippen LogP contribution < -0.4 is 0 Å². The highest BCUT2D eigenvalue weighted by atomic mass is 16.5. The average molecular weight is 203 g/mol. The molecule has 0 aromatic carbocycles. The zero-order chi connectivity index (χ0) is 10.7. The molecule has 5 nitrogen and oxygen atoms in total. The second-order valence-electron chi connectivity index (χ2n) is 3.56. The van der Waals surface area contributed by atoms with Gasteiger partial charge in [-0.05, 0) is 6.42 Å². The first-order valence-corrected chi connectivity index (χ1v) is 4.77. The van der Waals surface area contributed by atoms with Gasteiger partial charge in [0.1, 0.15) is 6.04 Å². The first kappa shape index (κ1) is 11.4. The lowest BCUT2D eigenvalue weighted by atomic mass is 10.2. The molecule has 3 unspecified atom stereocenters. The minimum Gasteiger partial charge on any atom is -0.480 e. The molecule has 0 spiro atoms. The Morgan fingerprint density at radius 1 is 1.64 bits per heavy atom. The maximum absolute atomic E-state index is 10.9. The molecule has 5 heteroatoms. The van der Waals surface area contributed by atoms with Crippen LogP contribution in [0.25, 0.3) is 0 Å². The molecule has 0 saturated carbocycles. The van der Waals surface area contributed by atoms with Crippen LogP contribution in [0.3, 0.4) is 0 Å². The zero-order valence-electron chi connectivity index (χ0n) is 8.51. The molecule has 0 aromatic heterocycles. The molecule has 1 rings (SSSR count). The van der Waals surface area contributed by atoms with E-state index in [9.17, 15) is 9.90 Å². The third kappa shape index (κ3) is 2.23. The van der Waals surface area contributed by atoms with Gasteiger partial charge in [0.05, 0.1) is 12.2 Å². The van der Waals surface area contributed by atoms with Gasteiger partial charge in [-0.3, -0.25) is 9.69 Å². The van der Waals surface area contributed by atoms with Crippen molar-refractivity contribution in [3.05, 3.63) is 0 Å². The van der Waals surface area contributed by atoms with Crippen LogP contribution in [0.1, 0.15) is 13.3 Å². The van der Waals surface area contributed by atoms with Crippen molar-refractivity contribution in [3.8, 4) is 0 Å². The molecular weight excluding hydrogens is 186 g/mol. The lowest BCUT2D eigenvalue weighted by Crippen LogP contribution is -2.40. The Hall–Kier alpha value is -0.650. The van der Waals surface area contributed by atoms with Crippen molar-refractivity contribution in [2.45, 2.75) is 31.6 Å². The molecular formula is C9H17NO4. The fraction of sp³-hybridized carbons (Fsp3) is 0.889. The normalized spacial score (nSPS) is 30.5. The van der Waals surface area contributed by atoms with Crippen molar-refractivity contribution in [2.75, 3.05) is 20.2 Å². The van der Waals surface area contributed by atoms with Gasteiger partial charge in [0.25, 0.3) is 0 Å². The fourth-order valence-electron chi connectivity index (χ4n) is 1.86. The van der Waals surface area contributed by atoms with Crippen molar-refractivity contribution in [2.24, 2.45) is 0 Å². The standard InChI is InChI=1S/C9H17NO4/c1-3-6(9(12)13)10-4-7(11)8(5-10)14-2/h6-8,11H,3-5H2,1-2H3,(H,12,13). The number of carboxylic acid groups (broad SMARTS) is 1. The van der Waals surface area contributed by atoms with Crippen molar-refractivity contribution < 1.29 is 19.7 Å². The number of hydrogen-bond donors (Lipinski definition) is 2. The summed E-state index contributed by atoms with van der Waals surface area (Å²) < 4.78 is 5.04. The van der Waals surface area contributed by atoms with Crippen molar-refractivity contribution >= 4 is 5.97 Å². The molecule has 1 saturated heterocycles. The molecule has 14 heavy (non-hydrogen) atoms. The van der Waals surface area contributed by atoms with E-state index in [-0.39, 0.29) is 6.10 Å². The van der Waals surface area contributed by atoms with E-state index in [4.69, 9.17) is 9.84 Å². The van der Waals surface area contributed by atoms with Gasteiger partial charge in [-0.15, -0.1) is 0 Å². The van der Waals surface area contributed by atoms with Gasteiger partial charge in [-0.2, -0.15) is 0 Å². The van der Waals surface area contributed by atoms with E-state index in [0.717, 1.165) is 0 Å². The minimum atomic E-state index is -0.837. The van der Waals surface area contributed by atoms with Crippen LogP contribution in [0.5, 0.6) is 0 Å². The Balaban J connectivity index is 2.58. The van der Waals surface area contributed by atoms with E-state index >= 15 is 0 Å². The highest BCUT2D eigenvalue weighted by Gasteiger charge is 2.36. The Morgan fingerprint density at radius 3 is 2.64 bits per heavy atom. The summed E-state index contributed by atoms with van der Waals surface area (Å²) in [7, 11) is 1.53. The van der Waals surface area contributed by atoms with E-state index in [1.807, 2.05) is 6.92 Å². The number of carbonyl (C=O) groups is 1. The third-order valence-electron chi connectivity index (χ3n) is 2.68. The Labute approximate surface area is 83.3 Å². The van der Waals surface area contributed by atoms with Crippen LogP contribution >= 0.6 is 0 Å². The molecule has 0 bridgehead atoms. The number of rotatable bonds is 4. The number of aliphatic carboxylic acids is 1. The van der Waals surface area contributed by atoms with Crippen LogP contribution in [0, 0.1) is 0 Å². The van der Waals surface area contributed by atoms with E-state index in [0.29, 0.717) is 19.5 Å². The molecule has 1 aliphatic heterocycles. The smallest absolute Gasteiger partial charge is 0.320 e. The van der Waals surface area contributed by atoms with E-state index in [1.165, 1.54) is 7.11 Å². The predicted molar refractivity (Wildman–Crippen MR) is 50.1 cm³/mol. The molecule has 0 radical (unpaired) electrons. The molecule has 3 atom stereocenters. The fourth-order valence-corrected chi connectivity index (χ4v) is 1.86. The maximum Gasteiger partial charge on any atom is 0.320 e. The summed E-state index contributed by atoms with van der Waals surface area (Å²) >= 11 is 0. The van der Waals surface area contributed by atoms with Crippen molar-refractivity contribution in [1.29, 1.82) is 0 Å². The number of likely N-dealkylation sites (tertiary alicyclic amines) is 1. The Kier molecular flexibility index (Phi) is 3.86. The highest BCUT2D eigenvalue weighted by Crippen LogP contribution is 2.17. The third-order valence-corrected chi connectivity index (χ3v) is 2.68. The number of nitrogens with zero attached hydrogens (tertiary/aromatic N) is 1. The maximum atomic E-state index is 10.9. The summed E-state index contributed by atoms with van der Waals surface area (Å²) in [6.45, 7) is 2.69. The van der Waals surface area contributed by atoms with Gasteiger partial charge < -0.3 is 14.9 Å². The topological polar surface area (TPSA) is 70.0 Å². The Bertz CT molecular complexity index is 209. The molecule has 2 N–H and O–H groups in total. The molecule has 0 aliphatic carbocycles. The summed E-state index contributed by atoms with van der Waals surface area (Å²) in [4.78, 5) is 12.6. The minimum absolute atomic E-state index is 0.261. The average Bonchev–Trinajstić information content (AvgIpc) is 2.47. The van der Waals surface area contributed by atoms with Gasteiger partial charge in [-0.1, -0.05) is 6.92 Å². The number of ether oxygens (including phenoxy) is 1. The van der Waals surface area contributed by atoms with E-state index in [1.54, 1.807) is 4.90 Å². The van der Waals surface area contributed by atoms with Crippen molar-refractivity contribution in [3.63, 3.8) is 0 Å². The summed E-state index contributed by atoms with van der Waals surface area (Å²) in [6, 6.07) is -0.509. The van der Waals surface area contributed by atoms with Gasteiger partial charge in [0.2, 0.25) is 0 Å². The van der Waals surface area contributed by atoms with Gasteiger partial charge in [0, 0.05) is 20.2 Å². The number of carboxylic acids is 1. The predicted octanol–water partition coefficient (Wildman–Crippen LogP) is -0.459. The van der Waals surface area contributed by atoms with Gasteiger partial charge in [0.15, 0.2) is 0 Å². The second kappa shape index (κ2) is 4.72. The Morgan fingerprint density at radius 2 is 2.29 bits per heavy atom. The number of β-amino-alcohol motifs (C(OH)–C–C–N with tert-alkyl or cyclic N) is 1. The number of methoxy groups -OCH3 is 1. The van der Waals surface area contributed by atoms with E-state index < -0.39 is 18.1 Å². The molecule has 0 amide bonds. The molecule has 0 aromatic rings. The largest absolute Gasteiger partial charge is 0.480 e. The lowest BCUT2D eigenvalue weighted by molar-refractivity contribution is -0.143. The van der Waals surface area contributed by atoms with E-state index in [2.05, 4.69) is 0 Å². The molecule has 1 heterocycles. The quantitative estimate of drug-likeness (QED) is 0.647. The van der Waals surface area contributed by atoms with Crippen LogP contribution in [0.4, 0.5) is 0 Å². The second-order valence-corrected chi connectivity index (χ2v) is 3.56. The molecule has 1 fully saturated rings. The highest BCUT2D eigenvalue weighted by molar-refractivity contribution is 5.73. The monoisotopic (exact) mass is 203 g/mol. The van der Waals surface area contributed by atoms with Gasteiger partial charge >= 0.3 is 5.97 Å². The molecule has 1 aliphatic rings. The summed E-state index contributed by atoms with van der Waals surface area (Å²) in [5.41, 5.74) is 0. The lowest BCUT2D eigenvalue weighted by Gasteiger charge is -2.22. The number of aliphatic hydroxyl groups is 1. The number of aliphatic hydroxyl groups excluding tert-OH is 1. The first-order valence-electron chi connectivity index (χ1n) is 4.77. The first-order chi connectivity index (χ1) is 6.60. The summed E-state index contributed by atoms with van der Waals surface area (Å²) in [5.74, 6) is -0.837. The van der Waals surface area contributed by atoms with Crippen LogP contribution in [-0.2, 0) is 9.53 Å². The molecule has 82 valence electrons. The SMILES string of the molecule is CCC(C(=O)O)N1CC(O)C(OC)C1. The zero-order valence-corrected chi connectivity index (χ0v) is 8.51. The summed E-state index contributed by atoms with van der Waals surface area (Å²) in [5, 5.41) is 18.4. The van der Waals surface area contributed by atoms with Crippen LogP contribution in [0.15, 0.2) is 0 Å². The van der Waals surface area contributed by atoms with Crippen LogP contribution in [-0.4, -0.2) is 59.5 Å². The summed E-state index contributed by atoms with van der Waals surface area (Å²) in [6.07, 6.45) is -0.296. The van der Waals surface area contributed by atoms with Crippen molar-refractivity contribution in [1.82, 2.24) is 4.90 Å².